The van der Waals surface area contributed by atoms with Crippen molar-refractivity contribution in [1.29, 1.82) is 0 Å². The van der Waals surface area contributed by atoms with Crippen LogP contribution in [-0.2, 0) is 0 Å². The summed E-state index contributed by atoms with van der Waals surface area (Å²) < 4.78 is 0. The highest BCUT2D eigenvalue weighted by molar-refractivity contribution is 5.85. The zero-order valence-electron chi connectivity index (χ0n) is 5.09. The van der Waals surface area contributed by atoms with Gasteiger partial charge < -0.3 is 5.32 Å². The molecule has 1 rings (SSSR count). The molecule has 0 bridgehead atoms. The highest BCUT2D eigenvalue weighted by atomic mass is 35.5. The van der Waals surface area contributed by atoms with E-state index in [9.17, 15) is 0 Å². The number of hydrogen-bond acceptors (Lipinski definition) is 2. The molecule has 0 fully saturated rings. The van der Waals surface area contributed by atoms with Gasteiger partial charge in [0.1, 0.15) is 0 Å². The van der Waals surface area contributed by atoms with Gasteiger partial charge >= 0.3 is 0 Å². The second kappa shape index (κ2) is 2.92. The Balaban J connectivity index is 0.000000490. The van der Waals surface area contributed by atoms with Crippen LogP contribution in [-0.4, -0.2) is 18.4 Å². The molecule has 0 aromatic carbocycles. The van der Waals surface area contributed by atoms with Crippen LogP contribution in [0.3, 0.4) is 0 Å². The van der Waals surface area contributed by atoms with Crippen molar-refractivity contribution in [2.45, 2.75) is 25.9 Å². The van der Waals surface area contributed by atoms with Gasteiger partial charge in [0.15, 0.2) is 0 Å². The standard InChI is InChI=1S/C5H10N2.ClH/c1-4-5(2)7-3-6-4;/h3-5H,1-2H3,(H,6,7);1H. The van der Waals surface area contributed by atoms with Crippen LogP contribution in [0, 0.1) is 0 Å². The smallest absolute Gasteiger partial charge is 0.0830 e. The van der Waals surface area contributed by atoms with Crippen molar-refractivity contribution in [3.63, 3.8) is 0 Å². The number of hydrogen-bond donors (Lipinski definition) is 1. The molecule has 48 valence electrons. The summed E-state index contributed by atoms with van der Waals surface area (Å²) in [6, 6.07) is 1.01. The van der Waals surface area contributed by atoms with Crippen LogP contribution in [0.25, 0.3) is 0 Å². The number of nitrogens with one attached hydrogen (secondary N) is 1. The van der Waals surface area contributed by atoms with E-state index < -0.39 is 0 Å². The molecule has 0 saturated carbocycles. The van der Waals surface area contributed by atoms with Crippen LogP contribution in [0.1, 0.15) is 13.8 Å². The van der Waals surface area contributed by atoms with Crippen molar-refractivity contribution in [3.8, 4) is 0 Å². The molecular weight excluding hydrogens is 124 g/mol. The number of aliphatic imine (C=N–C) groups is 1. The maximum atomic E-state index is 4.08. The lowest BCUT2D eigenvalue weighted by Gasteiger charge is -2.04. The first-order valence-electron chi connectivity index (χ1n) is 2.58. The fourth-order valence-electron chi connectivity index (χ4n) is 0.547. The molecule has 0 radical (unpaired) electrons. The van der Waals surface area contributed by atoms with Gasteiger partial charge in [-0.25, -0.2) is 0 Å². The van der Waals surface area contributed by atoms with E-state index in [1.807, 2.05) is 0 Å². The summed E-state index contributed by atoms with van der Waals surface area (Å²) >= 11 is 0. The molecule has 2 nitrogen and oxygen atoms in total. The van der Waals surface area contributed by atoms with Crippen LogP contribution >= 0.6 is 12.4 Å². The van der Waals surface area contributed by atoms with E-state index in [1.54, 1.807) is 6.34 Å². The third kappa shape index (κ3) is 1.37. The minimum Gasteiger partial charge on any atom is -0.372 e. The van der Waals surface area contributed by atoms with E-state index in [2.05, 4.69) is 24.2 Å². The van der Waals surface area contributed by atoms with E-state index in [4.69, 9.17) is 0 Å². The molecule has 3 heteroatoms. The minimum atomic E-state index is 0. The fraction of sp³-hybridized carbons (Fsp3) is 0.800. The summed E-state index contributed by atoms with van der Waals surface area (Å²) in [5.74, 6) is 0. The Kier molecular flexibility index (Phi) is 2.84. The Bertz CT molecular complexity index is 92.4. The van der Waals surface area contributed by atoms with Gasteiger partial charge in [-0.15, -0.1) is 12.4 Å². The second-order valence-corrected chi connectivity index (χ2v) is 1.97. The van der Waals surface area contributed by atoms with Gasteiger partial charge in [0, 0.05) is 6.04 Å². The van der Waals surface area contributed by atoms with Crippen molar-refractivity contribution in [2.75, 3.05) is 0 Å². The van der Waals surface area contributed by atoms with Crippen molar-refractivity contribution in [3.05, 3.63) is 0 Å². The molecule has 1 N–H and O–H groups in total. The van der Waals surface area contributed by atoms with E-state index in [-0.39, 0.29) is 12.4 Å². The number of nitrogens with zero attached hydrogens (tertiary/aromatic N) is 1. The lowest BCUT2D eigenvalue weighted by atomic mass is 10.2. The van der Waals surface area contributed by atoms with Crippen LogP contribution < -0.4 is 5.32 Å². The van der Waals surface area contributed by atoms with Gasteiger partial charge in [-0.2, -0.15) is 0 Å². The molecule has 1 aliphatic heterocycles. The third-order valence-corrected chi connectivity index (χ3v) is 1.37. The molecule has 0 aromatic heterocycles. The lowest BCUT2D eigenvalue weighted by Crippen LogP contribution is -2.25. The first-order chi connectivity index (χ1) is 3.30. The third-order valence-electron chi connectivity index (χ3n) is 1.37. The van der Waals surface area contributed by atoms with Gasteiger partial charge in [0.25, 0.3) is 0 Å². The van der Waals surface area contributed by atoms with E-state index in [1.165, 1.54) is 0 Å². The molecule has 8 heavy (non-hydrogen) atoms. The van der Waals surface area contributed by atoms with E-state index >= 15 is 0 Å². The molecule has 0 aliphatic carbocycles. The summed E-state index contributed by atoms with van der Waals surface area (Å²) in [5, 5.41) is 3.08. The van der Waals surface area contributed by atoms with Gasteiger partial charge in [0.2, 0.25) is 0 Å². The van der Waals surface area contributed by atoms with E-state index in [0.29, 0.717) is 12.1 Å². The molecular formula is C5H11ClN2. The SMILES string of the molecule is CC1N=CNC1C.Cl. The molecule has 0 amide bonds. The average molecular weight is 135 g/mol. The van der Waals surface area contributed by atoms with Gasteiger partial charge in [-0.1, -0.05) is 0 Å². The zero-order chi connectivity index (χ0) is 5.28. The summed E-state index contributed by atoms with van der Waals surface area (Å²) in [6.45, 7) is 4.22. The topological polar surface area (TPSA) is 24.4 Å². The van der Waals surface area contributed by atoms with Gasteiger partial charge in [-0.05, 0) is 13.8 Å². The molecule has 1 heterocycles. The summed E-state index contributed by atoms with van der Waals surface area (Å²) in [6.07, 6.45) is 1.77. The quantitative estimate of drug-likeness (QED) is 0.521. The normalized spacial score (nSPS) is 33.8. The van der Waals surface area contributed by atoms with E-state index in [0.717, 1.165) is 0 Å². The van der Waals surface area contributed by atoms with Gasteiger partial charge in [0.05, 0.1) is 12.4 Å². The monoisotopic (exact) mass is 134 g/mol. The van der Waals surface area contributed by atoms with Crippen molar-refractivity contribution in [1.82, 2.24) is 5.32 Å². The summed E-state index contributed by atoms with van der Waals surface area (Å²) in [4.78, 5) is 4.08. The average Bonchev–Trinajstić information content (AvgIpc) is 1.91. The molecule has 2 atom stereocenters. The summed E-state index contributed by atoms with van der Waals surface area (Å²) in [5.41, 5.74) is 0. The molecule has 1 aliphatic rings. The highest BCUT2D eigenvalue weighted by Crippen LogP contribution is 1.99. The maximum Gasteiger partial charge on any atom is 0.0830 e. The minimum absolute atomic E-state index is 0. The van der Waals surface area contributed by atoms with Crippen LogP contribution in [0.5, 0.6) is 0 Å². The Morgan fingerprint density at radius 3 is 2.25 bits per heavy atom. The van der Waals surface area contributed by atoms with Crippen molar-refractivity contribution in [2.24, 2.45) is 4.99 Å². The van der Waals surface area contributed by atoms with Crippen LogP contribution in [0.15, 0.2) is 4.99 Å². The maximum absolute atomic E-state index is 4.08. The fourth-order valence-corrected chi connectivity index (χ4v) is 0.547. The Morgan fingerprint density at radius 2 is 2.12 bits per heavy atom. The molecule has 0 saturated heterocycles. The molecule has 0 aromatic rings. The lowest BCUT2D eigenvalue weighted by molar-refractivity contribution is 0.602. The highest BCUT2D eigenvalue weighted by Gasteiger charge is 2.11. The second-order valence-electron chi connectivity index (χ2n) is 1.97. The first-order valence-corrected chi connectivity index (χ1v) is 2.58. The Morgan fingerprint density at radius 1 is 1.50 bits per heavy atom. The Hall–Kier alpha value is -0.240. The van der Waals surface area contributed by atoms with Gasteiger partial charge in [-0.3, -0.25) is 4.99 Å². The zero-order valence-corrected chi connectivity index (χ0v) is 5.90. The van der Waals surface area contributed by atoms with Crippen molar-refractivity contribution >= 4 is 18.7 Å². The first kappa shape index (κ1) is 7.76. The largest absolute Gasteiger partial charge is 0.372 e. The number of rotatable bonds is 0. The van der Waals surface area contributed by atoms with Crippen LogP contribution in [0.2, 0.25) is 0 Å². The predicted molar refractivity (Wildman–Crippen MR) is 37.8 cm³/mol. The summed E-state index contributed by atoms with van der Waals surface area (Å²) in [7, 11) is 0. The van der Waals surface area contributed by atoms with Crippen molar-refractivity contribution < 1.29 is 0 Å². The Labute approximate surface area is 55.8 Å². The predicted octanol–water partition coefficient (Wildman–Crippen LogP) is 0.817. The van der Waals surface area contributed by atoms with Crippen LogP contribution in [0.4, 0.5) is 0 Å². The molecule has 0 spiro atoms. The number of halogens is 1. The molecule has 2 unspecified atom stereocenters.